The van der Waals surface area contributed by atoms with E-state index in [4.69, 9.17) is 10.8 Å². The van der Waals surface area contributed by atoms with Crippen molar-refractivity contribution in [3.05, 3.63) is 29.3 Å². The molecule has 1 amide bonds. The summed E-state index contributed by atoms with van der Waals surface area (Å²) in [7, 11) is 0. The maximum atomic E-state index is 12.6. The molecule has 0 aliphatic carbocycles. The van der Waals surface area contributed by atoms with E-state index in [1.165, 1.54) is 0 Å². The normalized spacial score (nSPS) is 10.8. The molecule has 0 unspecified atom stereocenters. The number of aliphatic hydroxyl groups is 1. The molecule has 4 heteroatoms. The number of aryl methyl sites for hydroxylation is 1. The molecule has 4 nitrogen and oxygen atoms in total. The smallest absolute Gasteiger partial charge is 0.256 e. The number of nitrogen functional groups attached to an aromatic ring is 1. The van der Waals surface area contributed by atoms with E-state index in [1.54, 1.807) is 17.0 Å². The van der Waals surface area contributed by atoms with Crippen molar-refractivity contribution >= 4 is 11.6 Å². The highest BCUT2D eigenvalue weighted by Crippen LogP contribution is 2.19. The zero-order valence-electron chi connectivity index (χ0n) is 12.0. The molecule has 0 bridgehead atoms. The van der Waals surface area contributed by atoms with E-state index in [0.717, 1.165) is 18.4 Å². The van der Waals surface area contributed by atoms with Gasteiger partial charge in [-0.2, -0.15) is 0 Å². The second-order valence-corrected chi connectivity index (χ2v) is 4.78. The minimum atomic E-state index is -0.0970. The van der Waals surface area contributed by atoms with Crippen LogP contribution < -0.4 is 5.73 Å². The number of aliphatic hydroxyl groups excluding tert-OH is 1. The summed E-state index contributed by atoms with van der Waals surface area (Å²) >= 11 is 0. The number of nitrogens with two attached hydrogens (primary N) is 1. The van der Waals surface area contributed by atoms with Crippen LogP contribution in [0.15, 0.2) is 18.2 Å². The third kappa shape index (κ3) is 3.70. The van der Waals surface area contributed by atoms with Gasteiger partial charge < -0.3 is 15.7 Å². The van der Waals surface area contributed by atoms with E-state index in [2.05, 4.69) is 0 Å². The van der Waals surface area contributed by atoms with Crippen LogP contribution in [0.4, 0.5) is 5.69 Å². The molecule has 0 aliphatic rings. The highest BCUT2D eigenvalue weighted by molar-refractivity contribution is 5.99. The highest BCUT2D eigenvalue weighted by Gasteiger charge is 2.23. The van der Waals surface area contributed by atoms with Gasteiger partial charge in [-0.15, -0.1) is 0 Å². The van der Waals surface area contributed by atoms with Crippen LogP contribution in [0, 0.1) is 6.92 Å². The van der Waals surface area contributed by atoms with Crippen LogP contribution in [-0.4, -0.2) is 35.1 Å². The van der Waals surface area contributed by atoms with Gasteiger partial charge in [0.2, 0.25) is 0 Å². The standard InChI is InChI=1S/C15H24N2O2/c1-4-12(5-2)17(8-9-18)15(19)13-7-6-11(3)10-14(13)16/h6-7,10,12,18H,4-5,8-9,16H2,1-3H3. The number of benzene rings is 1. The van der Waals surface area contributed by atoms with Crippen molar-refractivity contribution in [2.75, 3.05) is 18.9 Å². The number of anilines is 1. The highest BCUT2D eigenvalue weighted by atomic mass is 16.3. The van der Waals surface area contributed by atoms with Gasteiger partial charge >= 0.3 is 0 Å². The van der Waals surface area contributed by atoms with Gasteiger partial charge in [0, 0.05) is 18.3 Å². The van der Waals surface area contributed by atoms with Crippen molar-refractivity contribution in [3.8, 4) is 0 Å². The summed E-state index contributed by atoms with van der Waals surface area (Å²) < 4.78 is 0. The van der Waals surface area contributed by atoms with Gasteiger partial charge in [-0.25, -0.2) is 0 Å². The molecular formula is C15H24N2O2. The Labute approximate surface area is 115 Å². The number of carbonyl (C=O) groups is 1. The molecule has 1 rings (SSSR count). The fourth-order valence-electron chi connectivity index (χ4n) is 2.32. The minimum absolute atomic E-state index is 0.0337. The van der Waals surface area contributed by atoms with Crippen LogP contribution in [0.3, 0.4) is 0 Å². The molecule has 0 radical (unpaired) electrons. The van der Waals surface area contributed by atoms with E-state index in [0.29, 0.717) is 17.8 Å². The van der Waals surface area contributed by atoms with Crippen molar-refractivity contribution in [2.24, 2.45) is 0 Å². The van der Waals surface area contributed by atoms with Gasteiger partial charge in [0.25, 0.3) is 5.91 Å². The topological polar surface area (TPSA) is 66.6 Å². The lowest BCUT2D eigenvalue weighted by Crippen LogP contribution is -2.41. The van der Waals surface area contributed by atoms with E-state index < -0.39 is 0 Å². The molecule has 19 heavy (non-hydrogen) atoms. The van der Waals surface area contributed by atoms with Crippen LogP contribution >= 0.6 is 0 Å². The second kappa shape index (κ2) is 7.14. The summed E-state index contributed by atoms with van der Waals surface area (Å²) in [6.07, 6.45) is 1.74. The summed E-state index contributed by atoms with van der Waals surface area (Å²) in [5.41, 5.74) is 7.98. The Hall–Kier alpha value is -1.55. The Morgan fingerprint density at radius 3 is 2.47 bits per heavy atom. The summed E-state index contributed by atoms with van der Waals surface area (Å²) in [5, 5.41) is 9.16. The van der Waals surface area contributed by atoms with Gasteiger partial charge in [-0.05, 0) is 37.5 Å². The first-order valence-electron chi connectivity index (χ1n) is 6.83. The van der Waals surface area contributed by atoms with Crippen molar-refractivity contribution in [1.82, 2.24) is 4.90 Å². The Morgan fingerprint density at radius 1 is 1.37 bits per heavy atom. The van der Waals surface area contributed by atoms with E-state index in [-0.39, 0.29) is 18.6 Å². The number of nitrogens with zero attached hydrogens (tertiary/aromatic N) is 1. The van der Waals surface area contributed by atoms with Crippen LogP contribution in [0.5, 0.6) is 0 Å². The number of rotatable bonds is 6. The Balaban J connectivity index is 3.04. The SMILES string of the molecule is CCC(CC)N(CCO)C(=O)c1ccc(C)cc1N. The Bertz CT molecular complexity index is 428. The van der Waals surface area contributed by atoms with Gasteiger partial charge in [-0.1, -0.05) is 19.9 Å². The number of amides is 1. The summed E-state index contributed by atoms with van der Waals surface area (Å²) in [6, 6.07) is 5.59. The largest absolute Gasteiger partial charge is 0.398 e. The summed E-state index contributed by atoms with van der Waals surface area (Å²) in [4.78, 5) is 14.3. The van der Waals surface area contributed by atoms with Gasteiger partial charge in [0.1, 0.15) is 0 Å². The quantitative estimate of drug-likeness (QED) is 0.774. The monoisotopic (exact) mass is 264 g/mol. The number of hydrogen-bond donors (Lipinski definition) is 2. The zero-order valence-corrected chi connectivity index (χ0v) is 12.0. The number of carbonyl (C=O) groups excluding carboxylic acids is 1. The molecule has 0 aliphatic heterocycles. The first-order chi connectivity index (χ1) is 9.04. The molecular weight excluding hydrogens is 240 g/mol. The molecule has 0 fully saturated rings. The molecule has 0 saturated heterocycles. The average Bonchev–Trinajstić information content (AvgIpc) is 2.38. The first kappa shape index (κ1) is 15.5. The minimum Gasteiger partial charge on any atom is -0.398 e. The van der Waals surface area contributed by atoms with Gasteiger partial charge in [-0.3, -0.25) is 4.79 Å². The van der Waals surface area contributed by atoms with Crippen LogP contribution in [-0.2, 0) is 0 Å². The molecule has 1 aromatic carbocycles. The average molecular weight is 264 g/mol. The zero-order chi connectivity index (χ0) is 14.4. The molecule has 1 aromatic rings. The van der Waals surface area contributed by atoms with E-state index in [1.807, 2.05) is 26.8 Å². The maximum absolute atomic E-state index is 12.6. The van der Waals surface area contributed by atoms with Crippen LogP contribution in [0.1, 0.15) is 42.6 Å². The Kier molecular flexibility index (Phi) is 5.83. The number of hydrogen-bond acceptors (Lipinski definition) is 3. The van der Waals surface area contributed by atoms with Crippen molar-refractivity contribution in [3.63, 3.8) is 0 Å². The lowest BCUT2D eigenvalue weighted by Gasteiger charge is -2.30. The molecule has 3 N–H and O–H groups in total. The van der Waals surface area contributed by atoms with E-state index >= 15 is 0 Å². The van der Waals surface area contributed by atoms with Gasteiger partial charge in [0.05, 0.1) is 12.2 Å². The fourth-order valence-corrected chi connectivity index (χ4v) is 2.32. The molecule has 0 saturated carbocycles. The third-order valence-electron chi connectivity index (χ3n) is 3.42. The third-order valence-corrected chi connectivity index (χ3v) is 3.42. The molecule has 0 aromatic heterocycles. The summed E-state index contributed by atoms with van der Waals surface area (Å²) in [5.74, 6) is -0.0970. The maximum Gasteiger partial charge on any atom is 0.256 e. The van der Waals surface area contributed by atoms with Crippen molar-refractivity contribution < 1.29 is 9.90 Å². The van der Waals surface area contributed by atoms with E-state index in [9.17, 15) is 4.79 Å². The predicted octanol–water partition coefficient (Wildman–Crippen LogP) is 2.20. The predicted molar refractivity (Wildman–Crippen MR) is 78.1 cm³/mol. The Morgan fingerprint density at radius 2 is 2.00 bits per heavy atom. The first-order valence-corrected chi connectivity index (χ1v) is 6.83. The fraction of sp³-hybridized carbons (Fsp3) is 0.533. The lowest BCUT2D eigenvalue weighted by atomic mass is 10.1. The van der Waals surface area contributed by atoms with Crippen molar-refractivity contribution in [2.45, 2.75) is 39.7 Å². The molecule has 0 heterocycles. The molecule has 106 valence electrons. The lowest BCUT2D eigenvalue weighted by molar-refractivity contribution is 0.0623. The molecule has 0 spiro atoms. The van der Waals surface area contributed by atoms with Gasteiger partial charge in [0.15, 0.2) is 0 Å². The second-order valence-electron chi connectivity index (χ2n) is 4.78. The summed E-state index contributed by atoms with van der Waals surface area (Å²) in [6.45, 7) is 6.35. The molecule has 0 atom stereocenters. The van der Waals surface area contributed by atoms with Crippen LogP contribution in [0.25, 0.3) is 0 Å². The van der Waals surface area contributed by atoms with Crippen LogP contribution in [0.2, 0.25) is 0 Å². The van der Waals surface area contributed by atoms with Crippen molar-refractivity contribution in [1.29, 1.82) is 0 Å².